The molecule has 0 aliphatic heterocycles. The van der Waals surface area contributed by atoms with Crippen molar-refractivity contribution in [1.29, 1.82) is 0 Å². The van der Waals surface area contributed by atoms with E-state index in [1.54, 1.807) is 6.92 Å². The maximum absolute atomic E-state index is 12.6. The fourth-order valence-corrected chi connectivity index (χ4v) is 3.16. The van der Waals surface area contributed by atoms with E-state index in [1.807, 2.05) is 38.1 Å². The van der Waals surface area contributed by atoms with E-state index in [0.717, 1.165) is 21.5 Å². The maximum Gasteiger partial charge on any atom is 0.249 e. The van der Waals surface area contributed by atoms with Crippen LogP contribution >= 0.6 is 27.3 Å². The van der Waals surface area contributed by atoms with E-state index >= 15 is 0 Å². The van der Waals surface area contributed by atoms with E-state index in [0.29, 0.717) is 11.6 Å². The number of hydrogen-bond acceptors (Lipinski definition) is 5. The summed E-state index contributed by atoms with van der Waals surface area (Å²) in [5.41, 5.74) is 0.930. The van der Waals surface area contributed by atoms with E-state index in [-0.39, 0.29) is 17.7 Å². The van der Waals surface area contributed by atoms with Gasteiger partial charge in [0, 0.05) is 16.5 Å². The number of carbonyl (C=O) groups excluding carboxylic acids is 2. The Balaban J connectivity index is 2.10. The standard InChI is InChI=1S/C17H21BrN4O2S/c1-4-10(3)14(19-13(23)5-2)15(24)20-17-22-21-16(25-17)11-6-8-12(18)9-7-11/h6-10,14H,4-5H2,1-3H3,(H,19,23)(H,20,22,24). The lowest BCUT2D eigenvalue weighted by Gasteiger charge is -2.22. The van der Waals surface area contributed by atoms with Gasteiger partial charge in [0.05, 0.1) is 0 Å². The molecule has 6 nitrogen and oxygen atoms in total. The minimum Gasteiger partial charge on any atom is -0.344 e. The minimum absolute atomic E-state index is 0.0226. The van der Waals surface area contributed by atoms with Crippen molar-refractivity contribution in [3.8, 4) is 10.6 Å². The zero-order valence-electron chi connectivity index (χ0n) is 14.4. The molecule has 1 heterocycles. The van der Waals surface area contributed by atoms with Crippen molar-refractivity contribution < 1.29 is 9.59 Å². The van der Waals surface area contributed by atoms with Crippen LogP contribution in [-0.2, 0) is 9.59 Å². The first-order valence-corrected chi connectivity index (χ1v) is 9.75. The van der Waals surface area contributed by atoms with Crippen molar-refractivity contribution in [3.05, 3.63) is 28.7 Å². The Morgan fingerprint density at radius 2 is 1.88 bits per heavy atom. The van der Waals surface area contributed by atoms with Crippen molar-refractivity contribution in [2.75, 3.05) is 5.32 Å². The van der Waals surface area contributed by atoms with Crippen molar-refractivity contribution in [1.82, 2.24) is 15.5 Å². The third kappa shape index (κ3) is 5.34. The quantitative estimate of drug-likeness (QED) is 0.706. The molecule has 0 saturated heterocycles. The average Bonchev–Trinajstić information content (AvgIpc) is 3.07. The summed E-state index contributed by atoms with van der Waals surface area (Å²) < 4.78 is 0.984. The van der Waals surface area contributed by atoms with Crippen molar-refractivity contribution in [2.24, 2.45) is 5.92 Å². The summed E-state index contributed by atoms with van der Waals surface area (Å²) in [4.78, 5) is 24.3. The summed E-state index contributed by atoms with van der Waals surface area (Å²) in [5.74, 6) is -0.391. The fourth-order valence-electron chi connectivity index (χ4n) is 2.14. The molecule has 2 atom stereocenters. The zero-order chi connectivity index (χ0) is 18.4. The monoisotopic (exact) mass is 424 g/mol. The highest BCUT2D eigenvalue weighted by molar-refractivity contribution is 9.10. The van der Waals surface area contributed by atoms with E-state index in [9.17, 15) is 9.59 Å². The van der Waals surface area contributed by atoms with E-state index < -0.39 is 6.04 Å². The maximum atomic E-state index is 12.6. The normalized spacial score (nSPS) is 13.1. The van der Waals surface area contributed by atoms with Gasteiger partial charge in [0.1, 0.15) is 11.0 Å². The van der Waals surface area contributed by atoms with Crippen LogP contribution in [0.25, 0.3) is 10.6 Å². The van der Waals surface area contributed by atoms with Gasteiger partial charge in [0.15, 0.2) is 0 Å². The second-order valence-electron chi connectivity index (χ2n) is 5.69. The second-order valence-corrected chi connectivity index (χ2v) is 7.59. The van der Waals surface area contributed by atoms with Gasteiger partial charge >= 0.3 is 0 Å². The van der Waals surface area contributed by atoms with Gasteiger partial charge in [-0.25, -0.2) is 0 Å². The lowest BCUT2D eigenvalue weighted by Crippen LogP contribution is -2.47. The molecule has 0 bridgehead atoms. The molecule has 0 aliphatic rings. The molecule has 2 amide bonds. The van der Waals surface area contributed by atoms with Crippen LogP contribution in [-0.4, -0.2) is 28.1 Å². The Kier molecular flexibility index (Phi) is 7.07. The first-order chi connectivity index (χ1) is 11.9. The Hall–Kier alpha value is -1.80. The third-order valence-corrected chi connectivity index (χ3v) is 5.30. The lowest BCUT2D eigenvalue weighted by molar-refractivity contribution is -0.127. The number of nitrogens with one attached hydrogen (secondary N) is 2. The Labute approximate surface area is 159 Å². The number of rotatable bonds is 7. The van der Waals surface area contributed by atoms with Crippen LogP contribution in [0.3, 0.4) is 0 Å². The van der Waals surface area contributed by atoms with Crippen LogP contribution in [0.4, 0.5) is 5.13 Å². The molecule has 0 spiro atoms. The number of carbonyl (C=O) groups is 2. The van der Waals surface area contributed by atoms with Crippen LogP contribution < -0.4 is 10.6 Å². The Morgan fingerprint density at radius 3 is 2.48 bits per heavy atom. The van der Waals surface area contributed by atoms with Crippen LogP contribution in [0.5, 0.6) is 0 Å². The van der Waals surface area contributed by atoms with Gasteiger partial charge in [-0.15, -0.1) is 10.2 Å². The molecule has 2 unspecified atom stereocenters. The predicted molar refractivity (Wildman–Crippen MR) is 103 cm³/mol. The molecule has 0 radical (unpaired) electrons. The molecule has 2 rings (SSSR count). The molecule has 0 fully saturated rings. The van der Waals surface area contributed by atoms with Crippen LogP contribution in [0.2, 0.25) is 0 Å². The van der Waals surface area contributed by atoms with Gasteiger partial charge in [-0.1, -0.05) is 66.6 Å². The number of amides is 2. The van der Waals surface area contributed by atoms with Crippen molar-refractivity contribution >= 4 is 44.2 Å². The molecule has 134 valence electrons. The third-order valence-electron chi connectivity index (χ3n) is 3.88. The Morgan fingerprint density at radius 1 is 1.20 bits per heavy atom. The largest absolute Gasteiger partial charge is 0.344 e. The number of hydrogen-bond donors (Lipinski definition) is 2. The molecule has 1 aromatic heterocycles. The van der Waals surface area contributed by atoms with Gasteiger partial charge in [-0.2, -0.15) is 0 Å². The smallest absolute Gasteiger partial charge is 0.249 e. The van der Waals surface area contributed by atoms with Gasteiger partial charge < -0.3 is 5.32 Å². The molecule has 8 heteroatoms. The topological polar surface area (TPSA) is 84.0 Å². The molecule has 0 aliphatic carbocycles. The lowest BCUT2D eigenvalue weighted by atomic mass is 9.98. The van der Waals surface area contributed by atoms with Gasteiger partial charge in [-0.3, -0.25) is 14.9 Å². The fraction of sp³-hybridized carbons (Fsp3) is 0.412. The summed E-state index contributed by atoms with van der Waals surface area (Å²) in [5, 5.41) is 14.8. The van der Waals surface area contributed by atoms with Gasteiger partial charge in [0.2, 0.25) is 16.9 Å². The number of aromatic nitrogens is 2. The first-order valence-electron chi connectivity index (χ1n) is 8.14. The van der Waals surface area contributed by atoms with E-state index in [2.05, 4.69) is 36.8 Å². The van der Waals surface area contributed by atoms with Crippen molar-refractivity contribution in [3.63, 3.8) is 0 Å². The predicted octanol–water partition coefficient (Wildman–Crippen LogP) is 3.85. The highest BCUT2D eigenvalue weighted by Gasteiger charge is 2.26. The summed E-state index contributed by atoms with van der Waals surface area (Å²) in [6.07, 6.45) is 1.12. The van der Waals surface area contributed by atoms with Gasteiger partial charge in [0.25, 0.3) is 0 Å². The molecule has 2 aromatic rings. The highest BCUT2D eigenvalue weighted by Crippen LogP contribution is 2.27. The molecule has 1 aromatic carbocycles. The molecule has 0 saturated carbocycles. The zero-order valence-corrected chi connectivity index (χ0v) is 16.8. The SMILES string of the molecule is CCC(=O)NC(C(=O)Nc1nnc(-c2ccc(Br)cc2)s1)C(C)CC. The molecule has 25 heavy (non-hydrogen) atoms. The van der Waals surface area contributed by atoms with Gasteiger partial charge in [-0.05, 0) is 18.1 Å². The average molecular weight is 425 g/mol. The van der Waals surface area contributed by atoms with Crippen LogP contribution in [0, 0.1) is 5.92 Å². The van der Waals surface area contributed by atoms with Crippen LogP contribution in [0.15, 0.2) is 28.7 Å². The summed E-state index contributed by atoms with van der Waals surface area (Å²) in [7, 11) is 0. The number of benzene rings is 1. The number of anilines is 1. The second kappa shape index (κ2) is 9.05. The number of nitrogens with zero attached hydrogens (tertiary/aromatic N) is 2. The molecule has 2 N–H and O–H groups in total. The van der Waals surface area contributed by atoms with E-state index in [1.165, 1.54) is 11.3 Å². The van der Waals surface area contributed by atoms with Crippen molar-refractivity contribution in [2.45, 2.75) is 39.7 Å². The number of halogens is 1. The van der Waals surface area contributed by atoms with E-state index in [4.69, 9.17) is 0 Å². The first kappa shape index (κ1) is 19.5. The highest BCUT2D eigenvalue weighted by atomic mass is 79.9. The van der Waals surface area contributed by atoms with Crippen LogP contribution in [0.1, 0.15) is 33.6 Å². The molecular weight excluding hydrogens is 404 g/mol. The summed E-state index contributed by atoms with van der Waals surface area (Å²) in [6, 6.07) is 7.12. The summed E-state index contributed by atoms with van der Waals surface area (Å²) >= 11 is 4.69. The summed E-state index contributed by atoms with van der Waals surface area (Å²) in [6.45, 7) is 5.68. The Bertz CT molecular complexity index is 733. The molecular formula is C17H21BrN4O2S. The minimum atomic E-state index is -0.586.